The molecule has 4 aromatic rings. The average Bonchev–Trinajstić information content (AvgIpc) is 2.92. The molecule has 0 aliphatic heterocycles. The molecule has 2 N–H and O–H groups in total. The van der Waals surface area contributed by atoms with E-state index in [2.05, 4.69) is 72.5 Å². The highest BCUT2D eigenvalue weighted by Gasteiger charge is 2.12. The van der Waals surface area contributed by atoms with Crippen LogP contribution in [0.5, 0.6) is 5.75 Å². The predicted octanol–water partition coefficient (Wildman–Crippen LogP) is 6.14. The van der Waals surface area contributed by atoms with Gasteiger partial charge in [-0.1, -0.05) is 58.4 Å². The molecule has 0 aliphatic rings. The first-order valence-corrected chi connectivity index (χ1v) is 13.1. The number of ether oxygens (including phenoxy) is 1. The molecule has 4 rings (SSSR count). The number of anilines is 4. The number of nitrogens with one attached hydrogen (secondary N) is 1. The van der Waals surface area contributed by atoms with E-state index in [1.165, 1.54) is 0 Å². The van der Waals surface area contributed by atoms with E-state index in [4.69, 9.17) is 4.74 Å². The van der Waals surface area contributed by atoms with E-state index in [0.717, 1.165) is 27.2 Å². The SMILES string of the molecule is CN(C)CC(O)COc1ccc(Nc2cc(N(C/C=C/c3ccccc3)c3ccc(Br)cc3)ncn2)cc1. The summed E-state index contributed by atoms with van der Waals surface area (Å²) in [6, 6.07) is 27.9. The van der Waals surface area contributed by atoms with Crippen LogP contribution in [0, 0.1) is 0 Å². The minimum absolute atomic E-state index is 0.241. The number of hydrogen-bond donors (Lipinski definition) is 2. The molecule has 38 heavy (non-hydrogen) atoms. The number of aliphatic hydroxyl groups excluding tert-OH is 1. The first kappa shape index (κ1) is 27.3. The number of benzene rings is 3. The molecule has 1 aromatic heterocycles. The van der Waals surface area contributed by atoms with Crippen molar-refractivity contribution in [3.05, 3.63) is 107 Å². The third kappa shape index (κ3) is 8.41. The van der Waals surface area contributed by atoms with E-state index in [9.17, 15) is 5.11 Å². The van der Waals surface area contributed by atoms with Crippen molar-refractivity contribution in [3.63, 3.8) is 0 Å². The molecule has 0 fully saturated rings. The Hall–Kier alpha value is -3.72. The summed E-state index contributed by atoms with van der Waals surface area (Å²) < 4.78 is 6.72. The number of rotatable bonds is 12. The Morgan fingerprint density at radius 3 is 2.42 bits per heavy atom. The van der Waals surface area contributed by atoms with Crippen molar-refractivity contribution in [2.45, 2.75) is 6.10 Å². The van der Waals surface area contributed by atoms with Gasteiger partial charge >= 0.3 is 0 Å². The molecular formula is C30H32BrN5O2. The highest BCUT2D eigenvalue weighted by Crippen LogP contribution is 2.27. The molecule has 0 aliphatic carbocycles. The van der Waals surface area contributed by atoms with Gasteiger partial charge in [-0.05, 0) is 68.2 Å². The lowest BCUT2D eigenvalue weighted by atomic mass is 10.2. The lowest BCUT2D eigenvalue weighted by molar-refractivity contribution is 0.0831. The first-order valence-electron chi connectivity index (χ1n) is 12.4. The number of aromatic nitrogens is 2. The fraction of sp³-hybridized carbons (Fsp3) is 0.200. The van der Waals surface area contributed by atoms with E-state index < -0.39 is 6.10 Å². The number of nitrogens with zero attached hydrogens (tertiary/aromatic N) is 4. The molecule has 0 radical (unpaired) electrons. The maximum absolute atomic E-state index is 10.0. The molecule has 1 atom stereocenters. The molecule has 0 spiro atoms. The van der Waals surface area contributed by atoms with Crippen LogP contribution in [0.15, 0.2) is 102 Å². The van der Waals surface area contributed by atoms with Gasteiger partial charge in [0.1, 0.15) is 36.4 Å². The van der Waals surface area contributed by atoms with Crippen LogP contribution in [-0.2, 0) is 0 Å². The van der Waals surface area contributed by atoms with E-state index in [0.29, 0.717) is 24.7 Å². The molecule has 1 unspecified atom stereocenters. The van der Waals surface area contributed by atoms with Crippen molar-refractivity contribution in [1.82, 2.24) is 14.9 Å². The van der Waals surface area contributed by atoms with Crippen molar-refractivity contribution < 1.29 is 9.84 Å². The Morgan fingerprint density at radius 2 is 1.71 bits per heavy atom. The van der Waals surface area contributed by atoms with Crippen LogP contribution in [0.2, 0.25) is 0 Å². The van der Waals surface area contributed by atoms with Crippen LogP contribution < -0.4 is 15.0 Å². The van der Waals surface area contributed by atoms with Gasteiger partial charge in [0, 0.05) is 35.0 Å². The number of halogens is 1. The molecule has 8 heteroatoms. The Balaban J connectivity index is 1.46. The maximum atomic E-state index is 10.0. The molecule has 0 amide bonds. The van der Waals surface area contributed by atoms with Gasteiger partial charge in [-0.25, -0.2) is 9.97 Å². The Bertz CT molecular complexity index is 1300. The van der Waals surface area contributed by atoms with Gasteiger partial charge in [-0.15, -0.1) is 0 Å². The van der Waals surface area contributed by atoms with Crippen molar-refractivity contribution >= 4 is 45.0 Å². The van der Waals surface area contributed by atoms with Crippen LogP contribution in [0.4, 0.5) is 23.0 Å². The lowest BCUT2D eigenvalue weighted by Crippen LogP contribution is -2.30. The summed E-state index contributed by atoms with van der Waals surface area (Å²) in [6.45, 7) is 1.43. The highest BCUT2D eigenvalue weighted by molar-refractivity contribution is 9.10. The van der Waals surface area contributed by atoms with Crippen molar-refractivity contribution in [2.24, 2.45) is 0 Å². The fourth-order valence-corrected chi connectivity index (χ4v) is 4.09. The molecule has 7 nitrogen and oxygen atoms in total. The second-order valence-corrected chi connectivity index (χ2v) is 9.95. The summed E-state index contributed by atoms with van der Waals surface area (Å²) in [4.78, 5) is 13.0. The minimum Gasteiger partial charge on any atom is -0.491 e. The van der Waals surface area contributed by atoms with Crippen molar-refractivity contribution in [2.75, 3.05) is 44.0 Å². The maximum Gasteiger partial charge on any atom is 0.138 e. The molecule has 3 aromatic carbocycles. The van der Waals surface area contributed by atoms with E-state index in [1.807, 2.05) is 79.7 Å². The number of hydrogen-bond acceptors (Lipinski definition) is 7. The normalized spacial score (nSPS) is 12.0. The monoisotopic (exact) mass is 573 g/mol. The van der Waals surface area contributed by atoms with Crippen LogP contribution in [0.1, 0.15) is 5.56 Å². The third-order valence-corrected chi connectivity index (χ3v) is 6.14. The predicted molar refractivity (Wildman–Crippen MR) is 158 cm³/mol. The Labute approximate surface area is 232 Å². The van der Waals surface area contributed by atoms with Crippen molar-refractivity contribution in [3.8, 4) is 5.75 Å². The number of aliphatic hydroxyl groups is 1. The Kier molecular flexibility index (Phi) is 9.86. The molecule has 0 saturated carbocycles. The molecule has 196 valence electrons. The van der Waals surface area contributed by atoms with Gasteiger partial charge in [-0.3, -0.25) is 0 Å². The quantitative estimate of drug-likeness (QED) is 0.211. The van der Waals surface area contributed by atoms with E-state index in [-0.39, 0.29) is 6.61 Å². The van der Waals surface area contributed by atoms with Crippen LogP contribution in [-0.4, -0.2) is 59.9 Å². The first-order chi connectivity index (χ1) is 18.5. The molecule has 1 heterocycles. The lowest BCUT2D eigenvalue weighted by Gasteiger charge is -2.23. The van der Waals surface area contributed by atoms with Gasteiger partial charge in [0.25, 0.3) is 0 Å². The second-order valence-electron chi connectivity index (χ2n) is 9.04. The molecular weight excluding hydrogens is 542 g/mol. The summed E-state index contributed by atoms with van der Waals surface area (Å²) in [6.07, 6.45) is 5.25. The molecule has 0 saturated heterocycles. The third-order valence-electron chi connectivity index (χ3n) is 5.61. The zero-order valence-electron chi connectivity index (χ0n) is 21.5. The van der Waals surface area contributed by atoms with Crippen LogP contribution in [0.3, 0.4) is 0 Å². The summed E-state index contributed by atoms with van der Waals surface area (Å²) in [7, 11) is 3.84. The topological polar surface area (TPSA) is 73.8 Å². The van der Waals surface area contributed by atoms with Crippen LogP contribution >= 0.6 is 15.9 Å². The summed E-state index contributed by atoms with van der Waals surface area (Å²) >= 11 is 3.52. The van der Waals surface area contributed by atoms with E-state index >= 15 is 0 Å². The smallest absolute Gasteiger partial charge is 0.138 e. The largest absolute Gasteiger partial charge is 0.491 e. The second kappa shape index (κ2) is 13.7. The molecule has 0 bridgehead atoms. The summed E-state index contributed by atoms with van der Waals surface area (Å²) in [5, 5.41) is 13.4. The van der Waals surface area contributed by atoms with Crippen LogP contribution in [0.25, 0.3) is 6.08 Å². The standard InChI is InChI=1S/C30H32BrN5O2/c1-35(2)20-27(37)21-38-28-16-12-25(13-17-28)34-29-19-30(33-22-32-29)36(26-14-10-24(31)11-15-26)18-6-9-23-7-4-3-5-8-23/h3-17,19,22,27,37H,18,20-21H2,1-2H3,(H,32,33,34)/b9-6+. The van der Waals surface area contributed by atoms with Gasteiger partial charge in [0.05, 0.1) is 0 Å². The minimum atomic E-state index is -0.543. The van der Waals surface area contributed by atoms with Gasteiger partial charge in [0.2, 0.25) is 0 Å². The fourth-order valence-electron chi connectivity index (χ4n) is 3.82. The van der Waals surface area contributed by atoms with Gasteiger partial charge in [-0.2, -0.15) is 0 Å². The summed E-state index contributed by atoms with van der Waals surface area (Å²) in [5.74, 6) is 2.15. The summed E-state index contributed by atoms with van der Waals surface area (Å²) in [5.41, 5.74) is 3.04. The zero-order valence-corrected chi connectivity index (χ0v) is 23.1. The van der Waals surface area contributed by atoms with Gasteiger partial charge in [0.15, 0.2) is 0 Å². The average molecular weight is 575 g/mol. The van der Waals surface area contributed by atoms with Crippen molar-refractivity contribution in [1.29, 1.82) is 0 Å². The van der Waals surface area contributed by atoms with E-state index in [1.54, 1.807) is 6.33 Å². The number of likely N-dealkylation sites (N-methyl/N-ethyl adjacent to an activating group) is 1. The Morgan fingerprint density at radius 1 is 0.974 bits per heavy atom. The highest BCUT2D eigenvalue weighted by atomic mass is 79.9. The zero-order chi connectivity index (χ0) is 26.7. The van der Waals surface area contributed by atoms with Gasteiger partial charge < -0.3 is 25.0 Å².